The lowest BCUT2D eigenvalue weighted by Crippen LogP contribution is -2.44. The lowest BCUT2D eigenvalue weighted by atomic mass is 10.1. The third kappa shape index (κ3) is 5.12. The van der Waals surface area contributed by atoms with E-state index in [4.69, 9.17) is 16.6 Å². The number of furan rings is 1. The first-order chi connectivity index (χ1) is 16.6. The Morgan fingerprint density at radius 3 is 2.44 bits per heavy atom. The van der Waals surface area contributed by atoms with E-state index in [0.29, 0.717) is 21.5 Å². The van der Waals surface area contributed by atoms with Crippen molar-refractivity contribution in [3.05, 3.63) is 83.0 Å². The number of nitrogens with zero attached hydrogens (tertiary/aromatic N) is 3. The maximum atomic E-state index is 12.9. The van der Waals surface area contributed by atoms with Crippen molar-refractivity contribution >= 4 is 46.0 Å². The summed E-state index contributed by atoms with van der Waals surface area (Å²) in [5.41, 5.74) is 3.45. The van der Waals surface area contributed by atoms with Gasteiger partial charge < -0.3 is 14.2 Å². The van der Waals surface area contributed by atoms with Gasteiger partial charge in [0.25, 0.3) is 5.91 Å². The maximum absolute atomic E-state index is 12.9. The number of likely N-dealkylation sites (N-methyl/N-ethyl adjacent to an activating group) is 1. The number of piperazine rings is 1. The van der Waals surface area contributed by atoms with Crippen LogP contribution in [-0.4, -0.2) is 59.8 Å². The second kappa shape index (κ2) is 10.2. The molecule has 2 aliphatic rings. The van der Waals surface area contributed by atoms with Crippen LogP contribution in [0.1, 0.15) is 11.3 Å². The molecule has 5 nitrogen and oxygen atoms in total. The van der Waals surface area contributed by atoms with Gasteiger partial charge in [-0.2, -0.15) is 0 Å². The zero-order chi connectivity index (χ0) is 23.5. The van der Waals surface area contributed by atoms with Crippen LogP contribution in [0.3, 0.4) is 0 Å². The van der Waals surface area contributed by atoms with Gasteiger partial charge in [0.15, 0.2) is 0 Å². The summed E-state index contributed by atoms with van der Waals surface area (Å²) in [4.78, 5) is 20.0. The molecule has 1 aromatic heterocycles. The third-order valence-electron chi connectivity index (χ3n) is 6.26. The standard InChI is InChI=1S/C27H27N3O2S2/c1-28-15-17-29(18-16-28)22-9-7-21(8-10-22)24-12-11-23(32-24)19-25-26(31)30(27(33)34-25)14-13-20-5-3-2-4-6-20/h2-12,19H,13-18H2,1H3/b25-19-. The zero-order valence-corrected chi connectivity index (χ0v) is 20.8. The molecule has 0 N–H and O–H groups in total. The van der Waals surface area contributed by atoms with E-state index >= 15 is 0 Å². The Balaban J connectivity index is 1.24. The fourth-order valence-electron chi connectivity index (χ4n) is 4.19. The molecule has 5 rings (SSSR count). The predicted octanol–water partition coefficient (Wildman–Crippen LogP) is 5.14. The van der Waals surface area contributed by atoms with Gasteiger partial charge in [0.1, 0.15) is 15.8 Å². The quantitative estimate of drug-likeness (QED) is 0.353. The second-order valence-electron chi connectivity index (χ2n) is 8.61. The summed E-state index contributed by atoms with van der Waals surface area (Å²) in [7, 11) is 2.16. The topological polar surface area (TPSA) is 39.9 Å². The van der Waals surface area contributed by atoms with Crippen LogP contribution in [0.4, 0.5) is 5.69 Å². The fraction of sp³-hybridized carbons (Fsp3) is 0.259. The van der Waals surface area contributed by atoms with Crippen LogP contribution < -0.4 is 4.90 Å². The van der Waals surface area contributed by atoms with Crippen LogP contribution in [0.15, 0.2) is 76.1 Å². The van der Waals surface area contributed by atoms with Crippen molar-refractivity contribution in [3.8, 4) is 11.3 Å². The second-order valence-corrected chi connectivity index (χ2v) is 10.3. The molecular weight excluding hydrogens is 462 g/mol. The Morgan fingerprint density at radius 2 is 1.71 bits per heavy atom. The Morgan fingerprint density at radius 1 is 0.971 bits per heavy atom. The molecule has 0 aliphatic carbocycles. The molecule has 0 atom stereocenters. The van der Waals surface area contributed by atoms with Gasteiger partial charge in [-0.3, -0.25) is 9.69 Å². The van der Waals surface area contributed by atoms with Crippen molar-refractivity contribution < 1.29 is 9.21 Å². The van der Waals surface area contributed by atoms with Crippen LogP contribution in [-0.2, 0) is 11.2 Å². The molecule has 3 aromatic rings. The number of hydrogen-bond acceptors (Lipinski definition) is 6. The Bertz CT molecular complexity index is 1200. The normalized spacial score (nSPS) is 18.3. The van der Waals surface area contributed by atoms with Gasteiger partial charge >= 0.3 is 0 Å². The molecule has 2 saturated heterocycles. The van der Waals surface area contributed by atoms with E-state index in [2.05, 4.69) is 53.2 Å². The zero-order valence-electron chi connectivity index (χ0n) is 19.1. The summed E-state index contributed by atoms with van der Waals surface area (Å²) in [6.07, 6.45) is 2.57. The summed E-state index contributed by atoms with van der Waals surface area (Å²) < 4.78 is 6.65. The van der Waals surface area contributed by atoms with Gasteiger partial charge in [0.2, 0.25) is 0 Å². The highest BCUT2D eigenvalue weighted by Crippen LogP contribution is 2.34. The highest BCUT2D eigenvalue weighted by molar-refractivity contribution is 8.26. The lowest BCUT2D eigenvalue weighted by Gasteiger charge is -2.34. The van der Waals surface area contributed by atoms with Crippen molar-refractivity contribution in [3.63, 3.8) is 0 Å². The van der Waals surface area contributed by atoms with E-state index in [-0.39, 0.29) is 5.91 Å². The molecule has 2 aromatic carbocycles. The molecule has 2 fully saturated rings. The molecule has 1 amide bonds. The summed E-state index contributed by atoms with van der Waals surface area (Å²) in [6.45, 7) is 4.84. The molecule has 0 spiro atoms. The van der Waals surface area contributed by atoms with Gasteiger partial charge in [-0.05, 0) is 55.4 Å². The van der Waals surface area contributed by atoms with Crippen LogP contribution in [0.2, 0.25) is 0 Å². The van der Waals surface area contributed by atoms with Crippen molar-refractivity contribution in [2.75, 3.05) is 44.7 Å². The summed E-state index contributed by atoms with van der Waals surface area (Å²) in [5.74, 6) is 1.39. The molecular formula is C27H27N3O2S2. The number of thiocarbonyl (C=S) groups is 1. The van der Waals surface area contributed by atoms with E-state index in [9.17, 15) is 4.79 Å². The molecule has 2 aliphatic heterocycles. The molecule has 0 bridgehead atoms. The van der Waals surface area contributed by atoms with Crippen molar-refractivity contribution in [1.82, 2.24) is 9.80 Å². The average molecular weight is 490 g/mol. The molecule has 0 unspecified atom stereocenters. The molecule has 3 heterocycles. The minimum absolute atomic E-state index is 0.0552. The number of hydrogen-bond donors (Lipinski definition) is 0. The summed E-state index contributed by atoms with van der Waals surface area (Å²) in [6, 6.07) is 22.5. The van der Waals surface area contributed by atoms with Crippen molar-refractivity contribution in [2.24, 2.45) is 0 Å². The number of amides is 1. The lowest BCUT2D eigenvalue weighted by molar-refractivity contribution is -0.122. The minimum atomic E-state index is -0.0552. The van der Waals surface area contributed by atoms with Gasteiger partial charge in [0.05, 0.1) is 4.91 Å². The first kappa shape index (κ1) is 22.9. The number of rotatable bonds is 6. The van der Waals surface area contributed by atoms with E-state index < -0.39 is 0 Å². The van der Waals surface area contributed by atoms with E-state index in [1.807, 2.05) is 30.3 Å². The first-order valence-corrected chi connectivity index (χ1v) is 12.7. The van der Waals surface area contributed by atoms with Gasteiger partial charge in [-0.25, -0.2) is 0 Å². The maximum Gasteiger partial charge on any atom is 0.266 e. The monoisotopic (exact) mass is 489 g/mol. The summed E-state index contributed by atoms with van der Waals surface area (Å²) >= 11 is 6.81. The van der Waals surface area contributed by atoms with Crippen LogP contribution in [0, 0.1) is 0 Å². The highest BCUT2D eigenvalue weighted by Gasteiger charge is 2.32. The van der Waals surface area contributed by atoms with Crippen molar-refractivity contribution in [1.29, 1.82) is 0 Å². The van der Waals surface area contributed by atoms with Crippen LogP contribution in [0.5, 0.6) is 0 Å². The highest BCUT2D eigenvalue weighted by atomic mass is 32.2. The molecule has 0 radical (unpaired) electrons. The predicted molar refractivity (Wildman–Crippen MR) is 144 cm³/mol. The largest absolute Gasteiger partial charge is 0.457 e. The van der Waals surface area contributed by atoms with Gasteiger partial charge in [0, 0.05) is 50.1 Å². The van der Waals surface area contributed by atoms with E-state index in [1.165, 1.54) is 23.0 Å². The number of carbonyl (C=O) groups is 1. The first-order valence-electron chi connectivity index (χ1n) is 11.5. The number of carbonyl (C=O) groups excluding carboxylic acids is 1. The number of anilines is 1. The fourth-order valence-corrected chi connectivity index (χ4v) is 5.48. The average Bonchev–Trinajstić information content (AvgIpc) is 3.43. The van der Waals surface area contributed by atoms with Crippen LogP contribution >= 0.6 is 24.0 Å². The Labute approximate surface area is 210 Å². The SMILES string of the molecule is CN1CCN(c2ccc(-c3ccc(/C=C4\SC(=S)N(CCc5ccccc5)C4=O)o3)cc2)CC1. The Hall–Kier alpha value is -2.87. The molecule has 0 saturated carbocycles. The van der Waals surface area contributed by atoms with Gasteiger partial charge in [-0.1, -0.05) is 54.3 Å². The number of thioether (sulfide) groups is 1. The van der Waals surface area contributed by atoms with Crippen LogP contribution in [0.25, 0.3) is 17.4 Å². The van der Waals surface area contributed by atoms with Crippen molar-refractivity contribution in [2.45, 2.75) is 6.42 Å². The smallest absolute Gasteiger partial charge is 0.266 e. The number of benzene rings is 2. The molecule has 7 heteroatoms. The summed E-state index contributed by atoms with van der Waals surface area (Å²) in [5, 5.41) is 0. The Kier molecular flexibility index (Phi) is 6.85. The third-order valence-corrected chi connectivity index (χ3v) is 7.64. The minimum Gasteiger partial charge on any atom is -0.457 e. The molecule has 34 heavy (non-hydrogen) atoms. The van der Waals surface area contributed by atoms with E-state index in [0.717, 1.165) is 43.9 Å². The molecule has 174 valence electrons. The van der Waals surface area contributed by atoms with E-state index in [1.54, 1.807) is 11.0 Å². The van der Waals surface area contributed by atoms with Gasteiger partial charge in [-0.15, -0.1) is 0 Å².